The van der Waals surface area contributed by atoms with Crippen LogP contribution >= 0.6 is 11.6 Å². The van der Waals surface area contributed by atoms with Gasteiger partial charge >= 0.3 is 0 Å². The van der Waals surface area contributed by atoms with E-state index in [1.807, 2.05) is 12.1 Å². The van der Waals surface area contributed by atoms with Crippen molar-refractivity contribution in [3.8, 4) is 0 Å². The van der Waals surface area contributed by atoms with E-state index in [1.54, 1.807) is 0 Å². The van der Waals surface area contributed by atoms with E-state index in [4.69, 9.17) is 11.6 Å². The van der Waals surface area contributed by atoms with E-state index in [-0.39, 0.29) is 0 Å². The average Bonchev–Trinajstić information content (AvgIpc) is 2.78. The first-order valence-corrected chi connectivity index (χ1v) is 4.38. The Balaban J connectivity index is 2.15. The molecule has 11 heavy (non-hydrogen) atoms. The third-order valence-corrected chi connectivity index (χ3v) is 2.45. The molecule has 1 aliphatic carbocycles. The molecule has 0 unspecified atom stereocenters. The lowest BCUT2D eigenvalue weighted by molar-refractivity contribution is 0.832. The van der Waals surface area contributed by atoms with Gasteiger partial charge in [0.25, 0.3) is 0 Å². The molecule has 0 nitrogen and oxygen atoms in total. The van der Waals surface area contributed by atoms with Gasteiger partial charge in [0.05, 0.1) is 0 Å². The standard InChI is InChI=1S/C10H10Cl/c11-10-4-2-1-3-9(10)7-8-5-6-8/h1,3-4,8H,5-7H2. The summed E-state index contributed by atoms with van der Waals surface area (Å²) in [7, 11) is 0. The van der Waals surface area contributed by atoms with Gasteiger partial charge in [0.15, 0.2) is 0 Å². The molecule has 1 heteroatoms. The highest BCUT2D eigenvalue weighted by atomic mass is 35.5. The summed E-state index contributed by atoms with van der Waals surface area (Å²) in [6.07, 6.45) is 3.93. The summed E-state index contributed by atoms with van der Waals surface area (Å²) in [6, 6.07) is 8.81. The molecular formula is C10H10Cl. The molecule has 0 aromatic heterocycles. The zero-order valence-corrected chi connectivity index (χ0v) is 7.06. The van der Waals surface area contributed by atoms with Crippen molar-refractivity contribution in [1.82, 2.24) is 0 Å². The summed E-state index contributed by atoms with van der Waals surface area (Å²) < 4.78 is 0. The maximum absolute atomic E-state index is 5.96. The zero-order valence-electron chi connectivity index (χ0n) is 6.31. The maximum atomic E-state index is 5.96. The van der Waals surface area contributed by atoms with Gasteiger partial charge < -0.3 is 0 Å². The molecular weight excluding hydrogens is 156 g/mol. The second-order valence-electron chi connectivity index (χ2n) is 3.17. The molecule has 1 aliphatic rings. The molecule has 1 fully saturated rings. The highest BCUT2D eigenvalue weighted by Gasteiger charge is 2.21. The van der Waals surface area contributed by atoms with Crippen molar-refractivity contribution in [2.75, 3.05) is 0 Å². The number of benzene rings is 1. The van der Waals surface area contributed by atoms with Crippen LogP contribution in [-0.2, 0) is 6.42 Å². The molecule has 0 heterocycles. The Morgan fingerprint density at radius 1 is 1.55 bits per heavy atom. The minimum atomic E-state index is 0.874. The Morgan fingerprint density at radius 2 is 2.36 bits per heavy atom. The fourth-order valence-corrected chi connectivity index (χ4v) is 1.44. The number of hydrogen-bond acceptors (Lipinski definition) is 0. The first-order chi connectivity index (χ1) is 5.36. The van der Waals surface area contributed by atoms with E-state index in [0.717, 1.165) is 17.4 Å². The van der Waals surface area contributed by atoms with Gasteiger partial charge in [0.2, 0.25) is 0 Å². The number of hydrogen-bond donors (Lipinski definition) is 0. The normalized spacial score (nSPS) is 16.8. The molecule has 0 spiro atoms. The van der Waals surface area contributed by atoms with Gasteiger partial charge in [0.1, 0.15) is 0 Å². The summed E-state index contributed by atoms with van der Waals surface area (Å²) in [5, 5.41) is 0.874. The first kappa shape index (κ1) is 7.17. The van der Waals surface area contributed by atoms with Crippen LogP contribution in [0.2, 0.25) is 5.02 Å². The minimum Gasteiger partial charge on any atom is -0.0840 e. The third kappa shape index (κ3) is 1.75. The monoisotopic (exact) mass is 165 g/mol. The van der Waals surface area contributed by atoms with E-state index < -0.39 is 0 Å². The molecule has 0 N–H and O–H groups in total. The van der Waals surface area contributed by atoms with Crippen LogP contribution in [0, 0.1) is 12.0 Å². The smallest absolute Gasteiger partial charge is 0.0444 e. The van der Waals surface area contributed by atoms with Crippen molar-refractivity contribution in [2.45, 2.75) is 19.3 Å². The lowest BCUT2D eigenvalue weighted by Gasteiger charge is -2.00. The fourth-order valence-electron chi connectivity index (χ4n) is 1.24. The second-order valence-corrected chi connectivity index (χ2v) is 3.57. The second kappa shape index (κ2) is 2.86. The minimum absolute atomic E-state index is 0.874. The molecule has 0 atom stereocenters. The summed E-state index contributed by atoms with van der Waals surface area (Å²) in [4.78, 5) is 0. The molecule has 0 saturated heterocycles. The van der Waals surface area contributed by atoms with E-state index in [0.29, 0.717) is 0 Å². The Morgan fingerprint density at radius 3 is 3.00 bits per heavy atom. The van der Waals surface area contributed by atoms with Crippen LogP contribution in [0.4, 0.5) is 0 Å². The average molecular weight is 166 g/mol. The van der Waals surface area contributed by atoms with Crippen molar-refractivity contribution >= 4 is 11.6 Å². The predicted octanol–water partition coefficient (Wildman–Crippen LogP) is 3.09. The molecule has 2 rings (SSSR count). The number of rotatable bonds is 2. The van der Waals surface area contributed by atoms with Gasteiger partial charge in [-0.1, -0.05) is 23.7 Å². The Labute approximate surface area is 72.2 Å². The lowest BCUT2D eigenvalue weighted by atomic mass is 10.1. The first-order valence-electron chi connectivity index (χ1n) is 4.01. The summed E-state index contributed by atoms with van der Waals surface area (Å²) >= 11 is 5.96. The molecule has 1 radical (unpaired) electrons. The highest BCUT2D eigenvalue weighted by molar-refractivity contribution is 6.31. The largest absolute Gasteiger partial charge is 0.0840 e. The van der Waals surface area contributed by atoms with Gasteiger partial charge in [-0.25, -0.2) is 0 Å². The summed E-state index contributed by atoms with van der Waals surface area (Å²) in [5.41, 5.74) is 1.29. The molecule has 1 aromatic carbocycles. The highest BCUT2D eigenvalue weighted by Crippen LogP contribution is 2.34. The van der Waals surface area contributed by atoms with Crippen molar-refractivity contribution in [2.24, 2.45) is 5.92 Å². The topological polar surface area (TPSA) is 0 Å². The SMILES string of the molecule is Clc1c[c]ccc1CC1CC1. The fraction of sp³-hybridized carbons (Fsp3) is 0.400. The number of halogens is 1. The van der Waals surface area contributed by atoms with Crippen molar-refractivity contribution in [3.63, 3.8) is 0 Å². The van der Waals surface area contributed by atoms with Crippen molar-refractivity contribution in [1.29, 1.82) is 0 Å². The molecule has 0 amide bonds. The summed E-state index contributed by atoms with van der Waals surface area (Å²) in [6.45, 7) is 0. The van der Waals surface area contributed by atoms with Crippen molar-refractivity contribution in [3.05, 3.63) is 34.9 Å². The van der Waals surface area contributed by atoms with E-state index in [2.05, 4.69) is 12.1 Å². The van der Waals surface area contributed by atoms with E-state index in [9.17, 15) is 0 Å². The van der Waals surface area contributed by atoms with Crippen molar-refractivity contribution < 1.29 is 0 Å². The van der Waals surface area contributed by atoms with Crippen LogP contribution in [0.1, 0.15) is 18.4 Å². The van der Waals surface area contributed by atoms with Gasteiger partial charge in [-0.2, -0.15) is 0 Å². The summed E-state index contributed by atoms with van der Waals surface area (Å²) in [5.74, 6) is 0.912. The van der Waals surface area contributed by atoms with Crippen LogP contribution in [0.5, 0.6) is 0 Å². The Kier molecular flexibility index (Phi) is 1.87. The van der Waals surface area contributed by atoms with Crippen LogP contribution in [0.15, 0.2) is 18.2 Å². The molecule has 1 saturated carbocycles. The van der Waals surface area contributed by atoms with Gasteiger partial charge in [-0.3, -0.25) is 0 Å². The Hall–Kier alpha value is -0.490. The van der Waals surface area contributed by atoms with Gasteiger partial charge in [0, 0.05) is 5.02 Å². The van der Waals surface area contributed by atoms with Gasteiger partial charge in [-0.15, -0.1) is 0 Å². The van der Waals surface area contributed by atoms with Crippen LogP contribution < -0.4 is 0 Å². The predicted molar refractivity (Wildman–Crippen MR) is 46.7 cm³/mol. The third-order valence-electron chi connectivity index (χ3n) is 2.10. The van der Waals surface area contributed by atoms with E-state index >= 15 is 0 Å². The molecule has 1 aromatic rings. The zero-order chi connectivity index (χ0) is 7.68. The van der Waals surface area contributed by atoms with Crippen LogP contribution in [-0.4, -0.2) is 0 Å². The van der Waals surface area contributed by atoms with Crippen LogP contribution in [0.3, 0.4) is 0 Å². The molecule has 0 bridgehead atoms. The Bertz CT molecular complexity index is 251. The van der Waals surface area contributed by atoms with E-state index in [1.165, 1.54) is 18.4 Å². The lowest BCUT2D eigenvalue weighted by Crippen LogP contribution is -1.86. The quantitative estimate of drug-likeness (QED) is 0.632. The molecule has 57 valence electrons. The van der Waals surface area contributed by atoms with Crippen LogP contribution in [0.25, 0.3) is 0 Å². The molecule has 0 aliphatic heterocycles. The van der Waals surface area contributed by atoms with Gasteiger partial charge in [-0.05, 0) is 42.9 Å². The maximum Gasteiger partial charge on any atom is 0.0444 e.